The second-order valence-corrected chi connectivity index (χ2v) is 5.05. The normalized spacial score (nSPS) is 19.0. The molecule has 0 saturated carbocycles. The Balaban J connectivity index is 1.96. The molecule has 1 saturated heterocycles. The van der Waals surface area contributed by atoms with Crippen molar-refractivity contribution in [1.29, 1.82) is 0 Å². The molecule has 5 nitrogen and oxygen atoms in total. The van der Waals surface area contributed by atoms with Crippen LogP contribution in [0.5, 0.6) is 0 Å². The molecule has 0 aliphatic carbocycles. The molecular weight excluding hydrogens is 286 g/mol. The fourth-order valence-corrected chi connectivity index (χ4v) is 2.01. The summed E-state index contributed by atoms with van der Waals surface area (Å²) in [6, 6.07) is 6.71. The van der Waals surface area contributed by atoms with E-state index in [4.69, 9.17) is 34.3 Å². The number of nitrogens with two attached hydrogens (primary N) is 1. The van der Waals surface area contributed by atoms with Gasteiger partial charge in [0.1, 0.15) is 11.1 Å². The molecular formula is C12H14ClN3O2S. The lowest BCUT2D eigenvalue weighted by Gasteiger charge is -2.32. The van der Waals surface area contributed by atoms with E-state index in [9.17, 15) is 4.79 Å². The van der Waals surface area contributed by atoms with Crippen molar-refractivity contribution in [3.63, 3.8) is 0 Å². The zero-order valence-corrected chi connectivity index (χ0v) is 11.7. The quantitative estimate of drug-likeness (QED) is 0.818. The van der Waals surface area contributed by atoms with Gasteiger partial charge in [0.2, 0.25) is 0 Å². The fraction of sp³-hybridized carbons (Fsp3) is 0.333. The highest BCUT2D eigenvalue weighted by molar-refractivity contribution is 7.80. The average molecular weight is 300 g/mol. The SMILES string of the molecule is NC(=S)C1CN(C(=O)Nc2ccc(Cl)cc2)CCO1. The molecule has 7 heteroatoms. The molecule has 1 aromatic rings. The number of carbonyl (C=O) groups excluding carboxylic acids is 1. The van der Waals surface area contributed by atoms with Gasteiger partial charge in [0.15, 0.2) is 0 Å². The molecule has 0 aromatic heterocycles. The molecule has 1 unspecified atom stereocenters. The van der Waals surface area contributed by atoms with Crippen LogP contribution >= 0.6 is 23.8 Å². The molecule has 1 atom stereocenters. The van der Waals surface area contributed by atoms with Crippen LogP contribution in [0.2, 0.25) is 5.02 Å². The number of anilines is 1. The van der Waals surface area contributed by atoms with Gasteiger partial charge in [-0.15, -0.1) is 0 Å². The summed E-state index contributed by atoms with van der Waals surface area (Å²) in [6.07, 6.45) is -0.375. The highest BCUT2D eigenvalue weighted by Crippen LogP contribution is 2.14. The van der Waals surface area contributed by atoms with Crippen LogP contribution in [0.3, 0.4) is 0 Å². The van der Waals surface area contributed by atoms with Crippen molar-refractivity contribution in [3.8, 4) is 0 Å². The van der Waals surface area contributed by atoms with Crippen molar-refractivity contribution in [2.45, 2.75) is 6.10 Å². The Morgan fingerprint density at radius 3 is 2.79 bits per heavy atom. The minimum atomic E-state index is -0.375. The van der Waals surface area contributed by atoms with Gasteiger partial charge in [0.05, 0.1) is 13.2 Å². The van der Waals surface area contributed by atoms with E-state index in [0.29, 0.717) is 30.4 Å². The first-order valence-electron chi connectivity index (χ1n) is 5.78. The minimum absolute atomic E-state index is 0.202. The molecule has 1 aliphatic heterocycles. The lowest BCUT2D eigenvalue weighted by molar-refractivity contribution is 0.0251. The molecule has 1 aliphatic rings. The Kier molecular flexibility index (Phi) is 4.57. The fourth-order valence-electron chi connectivity index (χ4n) is 1.74. The zero-order chi connectivity index (χ0) is 13.8. The van der Waals surface area contributed by atoms with Crippen molar-refractivity contribution < 1.29 is 9.53 Å². The van der Waals surface area contributed by atoms with Gasteiger partial charge in [-0.2, -0.15) is 0 Å². The molecule has 0 bridgehead atoms. The number of thiocarbonyl (C=S) groups is 1. The third-order valence-corrected chi connectivity index (χ3v) is 3.28. The van der Waals surface area contributed by atoms with E-state index < -0.39 is 0 Å². The number of nitrogens with one attached hydrogen (secondary N) is 1. The van der Waals surface area contributed by atoms with E-state index >= 15 is 0 Å². The summed E-state index contributed by atoms with van der Waals surface area (Å²) < 4.78 is 5.38. The topological polar surface area (TPSA) is 67.6 Å². The van der Waals surface area contributed by atoms with Gasteiger partial charge in [-0.05, 0) is 24.3 Å². The van der Waals surface area contributed by atoms with E-state index in [1.165, 1.54) is 0 Å². The minimum Gasteiger partial charge on any atom is -0.391 e. The number of hydrogen-bond acceptors (Lipinski definition) is 3. The van der Waals surface area contributed by atoms with E-state index in [-0.39, 0.29) is 17.1 Å². The van der Waals surface area contributed by atoms with Crippen LogP contribution in [0.25, 0.3) is 0 Å². The van der Waals surface area contributed by atoms with Crippen LogP contribution in [-0.4, -0.2) is 41.7 Å². The smallest absolute Gasteiger partial charge is 0.322 e. The first-order chi connectivity index (χ1) is 9.06. The Labute approximate surface area is 121 Å². The van der Waals surface area contributed by atoms with Gasteiger partial charge in [-0.25, -0.2) is 4.79 Å². The number of rotatable bonds is 2. The van der Waals surface area contributed by atoms with Crippen molar-refractivity contribution in [1.82, 2.24) is 4.90 Å². The lowest BCUT2D eigenvalue weighted by atomic mass is 10.3. The number of amides is 2. The maximum atomic E-state index is 12.1. The zero-order valence-electron chi connectivity index (χ0n) is 10.1. The van der Waals surface area contributed by atoms with Gasteiger partial charge >= 0.3 is 6.03 Å². The third-order valence-electron chi connectivity index (χ3n) is 2.77. The Morgan fingerprint density at radius 2 is 2.16 bits per heavy atom. The van der Waals surface area contributed by atoms with Gasteiger partial charge in [-0.3, -0.25) is 0 Å². The maximum absolute atomic E-state index is 12.1. The number of morpholine rings is 1. The molecule has 1 heterocycles. The van der Waals surface area contributed by atoms with Crippen molar-refractivity contribution in [2.75, 3.05) is 25.0 Å². The molecule has 0 radical (unpaired) electrons. The summed E-state index contributed by atoms with van der Waals surface area (Å²) >= 11 is 10.7. The molecule has 3 N–H and O–H groups in total. The summed E-state index contributed by atoms with van der Waals surface area (Å²) in [6.45, 7) is 1.31. The molecule has 1 aromatic carbocycles. The Morgan fingerprint density at radius 1 is 1.47 bits per heavy atom. The summed E-state index contributed by atoms with van der Waals surface area (Å²) in [5, 5.41) is 3.41. The average Bonchev–Trinajstić information content (AvgIpc) is 2.41. The van der Waals surface area contributed by atoms with Crippen LogP contribution < -0.4 is 11.1 Å². The van der Waals surface area contributed by atoms with Crippen LogP contribution in [0.1, 0.15) is 0 Å². The second-order valence-electron chi connectivity index (χ2n) is 4.14. The molecule has 19 heavy (non-hydrogen) atoms. The first-order valence-corrected chi connectivity index (χ1v) is 6.57. The first kappa shape index (κ1) is 14.0. The van der Waals surface area contributed by atoms with Crippen LogP contribution in [0.15, 0.2) is 24.3 Å². The molecule has 2 rings (SSSR count). The predicted octanol–water partition coefficient (Wildman–Crippen LogP) is 1.86. The number of urea groups is 1. The van der Waals surface area contributed by atoms with E-state index in [1.807, 2.05) is 0 Å². The summed E-state index contributed by atoms with van der Waals surface area (Å²) in [5.74, 6) is 0. The van der Waals surface area contributed by atoms with Crippen LogP contribution in [0, 0.1) is 0 Å². The number of ether oxygens (including phenoxy) is 1. The number of halogens is 1. The van der Waals surface area contributed by atoms with Gasteiger partial charge in [0, 0.05) is 17.3 Å². The molecule has 102 valence electrons. The van der Waals surface area contributed by atoms with Crippen LogP contribution in [0.4, 0.5) is 10.5 Å². The van der Waals surface area contributed by atoms with E-state index in [2.05, 4.69) is 5.32 Å². The monoisotopic (exact) mass is 299 g/mol. The molecule has 2 amide bonds. The second kappa shape index (κ2) is 6.18. The number of carbonyl (C=O) groups is 1. The lowest BCUT2D eigenvalue weighted by Crippen LogP contribution is -2.51. The summed E-state index contributed by atoms with van der Waals surface area (Å²) in [4.78, 5) is 14.0. The third kappa shape index (κ3) is 3.79. The van der Waals surface area contributed by atoms with Gasteiger partial charge in [-0.1, -0.05) is 23.8 Å². The summed E-state index contributed by atoms with van der Waals surface area (Å²) in [5.41, 5.74) is 6.22. The number of nitrogens with zero attached hydrogens (tertiary/aromatic N) is 1. The predicted molar refractivity (Wildman–Crippen MR) is 78.6 cm³/mol. The maximum Gasteiger partial charge on any atom is 0.322 e. The largest absolute Gasteiger partial charge is 0.391 e. The standard InChI is InChI=1S/C12H14ClN3O2S/c13-8-1-3-9(4-2-8)15-12(17)16-5-6-18-10(7-16)11(14)19/h1-4,10H,5-7H2,(H2,14,19)(H,15,17). The van der Waals surface area contributed by atoms with Gasteiger partial charge < -0.3 is 20.7 Å². The van der Waals surface area contributed by atoms with E-state index in [0.717, 1.165) is 0 Å². The van der Waals surface area contributed by atoms with E-state index in [1.54, 1.807) is 29.2 Å². The van der Waals surface area contributed by atoms with Crippen molar-refractivity contribution >= 4 is 40.5 Å². The number of hydrogen-bond donors (Lipinski definition) is 2. The van der Waals surface area contributed by atoms with Crippen molar-refractivity contribution in [3.05, 3.63) is 29.3 Å². The number of benzene rings is 1. The molecule has 0 spiro atoms. The Hall–Kier alpha value is -1.37. The van der Waals surface area contributed by atoms with Gasteiger partial charge in [0.25, 0.3) is 0 Å². The van der Waals surface area contributed by atoms with Crippen LogP contribution in [-0.2, 0) is 4.74 Å². The Bertz CT molecular complexity index is 480. The highest BCUT2D eigenvalue weighted by atomic mass is 35.5. The summed E-state index contributed by atoms with van der Waals surface area (Å²) in [7, 11) is 0. The highest BCUT2D eigenvalue weighted by Gasteiger charge is 2.25. The van der Waals surface area contributed by atoms with Crippen molar-refractivity contribution in [2.24, 2.45) is 5.73 Å². The molecule has 1 fully saturated rings.